The first-order valence-electron chi connectivity index (χ1n) is 9.48. The molecule has 2 heterocycles. The Labute approximate surface area is 148 Å². The molecule has 0 bridgehead atoms. The van der Waals surface area contributed by atoms with Crippen LogP contribution in [0.3, 0.4) is 0 Å². The Morgan fingerprint density at radius 3 is 2.64 bits per heavy atom. The van der Waals surface area contributed by atoms with Crippen LogP contribution in [0.15, 0.2) is 17.3 Å². The van der Waals surface area contributed by atoms with E-state index in [1.165, 1.54) is 30.4 Å². The van der Waals surface area contributed by atoms with Gasteiger partial charge in [-0.15, -0.1) is 0 Å². The average Bonchev–Trinajstić information content (AvgIpc) is 3.05. The molecule has 1 aromatic rings. The van der Waals surface area contributed by atoms with Gasteiger partial charge in [0.25, 0.3) is 0 Å². The predicted octanol–water partition coefficient (Wildman–Crippen LogP) is 3.25. The van der Waals surface area contributed by atoms with Crippen molar-refractivity contribution in [3.63, 3.8) is 0 Å². The van der Waals surface area contributed by atoms with Crippen molar-refractivity contribution in [1.29, 1.82) is 0 Å². The minimum atomic E-state index is 0.303. The Balaban J connectivity index is 1.56. The molecule has 5 unspecified atom stereocenters. The summed E-state index contributed by atoms with van der Waals surface area (Å²) in [7, 11) is 3.38. The number of hydrogen-bond donors (Lipinski definition) is 1. The molecule has 0 aromatic heterocycles. The maximum absolute atomic E-state index is 9.68. The summed E-state index contributed by atoms with van der Waals surface area (Å²) in [6.07, 6.45) is 5.88. The molecule has 2 saturated carbocycles. The Kier molecular flexibility index (Phi) is 3.49. The first-order valence-corrected chi connectivity index (χ1v) is 9.48. The topological polar surface area (TPSA) is 54.3 Å². The van der Waals surface area contributed by atoms with Gasteiger partial charge >= 0.3 is 0 Å². The van der Waals surface area contributed by atoms with Crippen LogP contribution in [0.5, 0.6) is 11.5 Å². The standard InChI is InChI=1S/C20H26N2O3/c1-24-17-8-11-6-7-22-16(14(11)9-18(17)25-2)10-15(21-23)19-12-4-3-5-13(12)20(19)22/h8-9,12-13,16,19-20,23H,3-7,10H2,1-2H3. The molecule has 1 aromatic carbocycles. The normalized spacial score (nSPS) is 37.5. The monoisotopic (exact) mass is 342 g/mol. The van der Waals surface area contributed by atoms with Crippen molar-refractivity contribution in [3.05, 3.63) is 23.3 Å². The summed E-state index contributed by atoms with van der Waals surface area (Å²) in [5.74, 6) is 3.63. The molecule has 0 spiro atoms. The quantitative estimate of drug-likeness (QED) is 0.662. The number of ether oxygens (including phenoxy) is 2. The van der Waals surface area contributed by atoms with Gasteiger partial charge in [0.15, 0.2) is 11.5 Å². The second-order valence-electron chi connectivity index (χ2n) is 7.98. The number of piperidine rings is 1. The molecule has 3 fully saturated rings. The predicted molar refractivity (Wildman–Crippen MR) is 94.6 cm³/mol. The van der Waals surface area contributed by atoms with Gasteiger partial charge in [-0.3, -0.25) is 4.90 Å². The number of benzene rings is 1. The van der Waals surface area contributed by atoms with Crippen LogP contribution in [0.4, 0.5) is 0 Å². The van der Waals surface area contributed by atoms with E-state index < -0.39 is 0 Å². The maximum Gasteiger partial charge on any atom is 0.161 e. The van der Waals surface area contributed by atoms with Gasteiger partial charge < -0.3 is 14.7 Å². The van der Waals surface area contributed by atoms with Gasteiger partial charge in [0.2, 0.25) is 0 Å². The summed E-state index contributed by atoms with van der Waals surface area (Å²) in [5, 5.41) is 13.4. The van der Waals surface area contributed by atoms with E-state index in [1.54, 1.807) is 14.2 Å². The van der Waals surface area contributed by atoms with Crippen LogP contribution in [-0.2, 0) is 6.42 Å². The van der Waals surface area contributed by atoms with E-state index in [0.717, 1.165) is 48.4 Å². The number of methoxy groups -OCH3 is 2. The summed E-state index contributed by atoms with van der Waals surface area (Å²) >= 11 is 0. The van der Waals surface area contributed by atoms with Gasteiger partial charge in [-0.25, -0.2) is 0 Å². The molecule has 25 heavy (non-hydrogen) atoms. The van der Waals surface area contributed by atoms with E-state index in [0.29, 0.717) is 18.0 Å². The SMILES string of the molecule is COc1cc2c(cc1OC)C1CC(=NO)C3C4CCCC4C3N1CC2. The van der Waals surface area contributed by atoms with Crippen molar-refractivity contribution in [1.82, 2.24) is 4.90 Å². The second kappa shape index (κ2) is 5.63. The van der Waals surface area contributed by atoms with Gasteiger partial charge in [-0.05, 0) is 54.4 Å². The summed E-state index contributed by atoms with van der Waals surface area (Å²) in [6.45, 7) is 1.09. The lowest BCUT2D eigenvalue weighted by atomic mass is 9.56. The molecular weight excluding hydrogens is 316 g/mol. The molecule has 2 aliphatic carbocycles. The summed E-state index contributed by atoms with van der Waals surface area (Å²) < 4.78 is 11.0. The lowest BCUT2D eigenvalue weighted by Crippen LogP contribution is -2.65. The Morgan fingerprint density at radius 1 is 1.12 bits per heavy atom. The van der Waals surface area contributed by atoms with Crippen molar-refractivity contribution in [3.8, 4) is 11.5 Å². The summed E-state index contributed by atoms with van der Waals surface area (Å²) in [6, 6.07) is 5.15. The first-order chi connectivity index (χ1) is 12.3. The van der Waals surface area contributed by atoms with E-state index in [2.05, 4.69) is 22.2 Å². The Bertz CT molecular complexity index is 732. The number of rotatable bonds is 2. The molecule has 4 aliphatic rings. The molecule has 0 radical (unpaired) electrons. The molecule has 5 heteroatoms. The highest BCUT2D eigenvalue weighted by atomic mass is 16.5. The fourth-order valence-electron chi connectivity index (χ4n) is 6.23. The van der Waals surface area contributed by atoms with E-state index in [-0.39, 0.29) is 0 Å². The fraction of sp³-hybridized carbons (Fsp3) is 0.650. The molecule has 5 nitrogen and oxygen atoms in total. The third-order valence-corrected chi connectivity index (χ3v) is 7.24. The minimum Gasteiger partial charge on any atom is -0.493 e. The highest BCUT2D eigenvalue weighted by Crippen LogP contribution is 2.59. The van der Waals surface area contributed by atoms with Crippen LogP contribution in [0.2, 0.25) is 0 Å². The van der Waals surface area contributed by atoms with Crippen molar-refractivity contribution in [2.75, 3.05) is 20.8 Å². The van der Waals surface area contributed by atoms with Crippen LogP contribution < -0.4 is 9.47 Å². The molecule has 5 atom stereocenters. The highest BCUT2D eigenvalue weighted by Gasteiger charge is 2.60. The number of fused-ring (bicyclic) bond motifs is 8. The molecule has 5 rings (SSSR count). The Hall–Kier alpha value is -1.75. The van der Waals surface area contributed by atoms with E-state index >= 15 is 0 Å². The zero-order valence-corrected chi connectivity index (χ0v) is 14.9. The highest BCUT2D eigenvalue weighted by molar-refractivity contribution is 5.90. The third kappa shape index (κ3) is 2.02. The number of oxime groups is 1. The zero-order chi connectivity index (χ0) is 17.1. The zero-order valence-electron chi connectivity index (χ0n) is 14.9. The smallest absolute Gasteiger partial charge is 0.161 e. The lowest BCUT2D eigenvalue weighted by Gasteiger charge is -2.60. The Morgan fingerprint density at radius 2 is 1.88 bits per heavy atom. The molecular formula is C20H26N2O3. The van der Waals surface area contributed by atoms with Crippen LogP contribution in [0.1, 0.15) is 42.9 Å². The van der Waals surface area contributed by atoms with Crippen LogP contribution in [0, 0.1) is 17.8 Å². The van der Waals surface area contributed by atoms with Gasteiger partial charge in [0.1, 0.15) is 0 Å². The van der Waals surface area contributed by atoms with Crippen molar-refractivity contribution >= 4 is 5.71 Å². The third-order valence-electron chi connectivity index (χ3n) is 7.24. The number of nitrogens with zero attached hydrogens (tertiary/aromatic N) is 2. The van der Waals surface area contributed by atoms with Gasteiger partial charge in [0, 0.05) is 31.0 Å². The largest absolute Gasteiger partial charge is 0.493 e. The van der Waals surface area contributed by atoms with Crippen LogP contribution in [-0.4, -0.2) is 42.6 Å². The fourth-order valence-corrected chi connectivity index (χ4v) is 6.23. The second-order valence-corrected chi connectivity index (χ2v) is 7.98. The maximum atomic E-state index is 9.68. The van der Waals surface area contributed by atoms with Crippen LogP contribution in [0.25, 0.3) is 0 Å². The molecule has 2 aliphatic heterocycles. The van der Waals surface area contributed by atoms with Gasteiger partial charge in [-0.1, -0.05) is 11.6 Å². The van der Waals surface area contributed by atoms with E-state index in [9.17, 15) is 5.21 Å². The average molecular weight is 342 g/mol. The van der Waals surface area contributed by atoms with Gasteiger partial charge in [0.05, 0.1) is 19.9 Å². The van der Waals surface area contributed by atoms with Crippen molar-refractivity contribution in [2.45, 2.75) is 44.2 Å². The molecule has 1 saturated heterocycles. The van der Waals surface area contributed by atoms with E-state index in [1.807, 2.05) is 0 Å². The summed E-state index contributed by atoms with van der Waals surface area (Å²) in [4.78, 5) is 2.71. The summed E-state index contributed by atoms with van der Waals surface area (Å²) in [5.41, 5.74) is 3.69. The van der Waals surface area contributed by atoms with E-state index in [4.69, 9.17) is 9.47 Å². The number of hydrogen-bond acceptors (Lipinski definition) is 5. The molecule has 0 amide bonds. The molecule has 1 N–H and O–H groups in total. The minimum absolute atomic E-state index is 0.303. The molecule has 134 valence electrons. The van der Waals surface area contributed by atoms with Gasteiger partial charge in [-0.2, -0.15) is 0 Å². The lowest BCUT2D eigenvalue weighted by molar-refractivity contribution is -0.0580. The first kappa shape index (κ1) is 15.5. The van der Waals surface area contributed by atoms with Crippen molar-refractivity contribution in [2.24, 2.45) is 22.9 Å². The van der Waals surface area contributed by atoms with Crippen molar-refractivity contribution < 1.29 is 14.7 Å². The van der Waals surface area contributed by atoms with Crippen LogP contribution >= 0.6 is 0 Å².